The van der Waals surface area contributed by atoms with Crippen LogP contribution < -0.4 is 5.32 Å². The number of Topliss-reactive ketones (excluding diaryl/α,β-unsaturated/α-hetero) is 4. The Hall–Kier alpha value is -7.27. The third kappa shape index (κ3) is 8.28. The first-order valence-corrected chi connectivity index (χ1v) is 22.0. The van der Waals surface area contributed by atoms with E-state index in [2.05, 4.69) is 19.9 Å². The lowest BCUT2D eigenvalue weighted by Crippen LogP contribution is -2.37. The Balaban J connectivity index is 0.000000184. The minimum absolute atomic E-state index is 0. The molecule has 2 aliphatic heterocycles. The highest BCUT2D eigenvalue weighted by Gasteiger charge is 2.38. The van der Waals surface area contributed by atoms with Crippen LogP contribution in [0.25, 0.3) is 55.4 Å². The molecule has 8 aromatic rings. The van der Waals surface area contributed by atoms with Crippen LogP contribution in [0, 0.1) is 11.6 Å². The normalized spacial score (nSPS) is 15.8. The fraction of sp³-hybridized carbons (Fsp3) is 0.250. The largest absolute Gasteiger partial charge is 0.444 e. The van der Waals surface area contributed by atoms with E-state index in [0.29, 0.717) is 93.0 Å². The zero-order valence-electron chi connectivity index (χ0n) is 37.5. The third-order valence-electron chi connectivity index (χ3n) is 12.6. The van der Waals surface area contributed by atoms with Crippen LogP contribution in [0.2, 0.25) is 0 Å². The zero-order chi connectivity index (χ0) is 46.5. The molecule has 0 atom stereocenters. The molecule has 0 unspecified atom stereocenters. The van der Waals surface area contributed by atoms with Gasteiger partial charge in [-0.2, -0.15) is 0 Å². The van der Waals surface area contributed by atoms with Crippen molar-refractivity contribution in [2.75, 3.05) is 13.1 Å². The van der Waals surface area contributed by atoms with E-state index in [1.54, 1.807) is 54.9 Å². The minimum atomic E-state index is -0.654. The molecule has 0 spiro atoms. The standard InChI is InChI=1S/C28H25FN4O4.C23H17FN4O2.CH4.2ClH/c1-28(2,3)37-27(36)32-9-8-31-15-19(18-11-17(29)10-16(14-32)26(18)31)24-21(34)12-22(35)25(24)20-13-30-23-6-4-5-7-33(20)23;24-14-7-13-10-25-4-6-27-12-16(15(8-14)23(13)27)21-18(29)9-19(30)22(21)17-11-26-20-3-1-2-5-28(17)20;;;/h4-7,10-11,13,15H,8-9,12,14H2,1-3H3;1-3,5,7-8,11-12,25H,4,6,9-10H2;1H4;2*1H. The van der Waals surface area contributed by atoms with Crippen molar-refractivity contribution in [3.8, 4) is 0 Å². The van der Waals surface area contributed by atoms with Crippen LogP contribution in [0.4, 0.5) is 13.6 Å². The second-order valence-electron chi connectivity index (χ2n) is 18.2. The maximum absolute atomic E-state index is 14.9. The maximum Gasteiger partial charge on any atom is 0.410 e. The molecule has 12 rings (SSSR count). The maximum atomic E-state index is 14.9. The van der Waals surface area contributed by atoms with Gasteiger partial charge in [0.05, 0.1) is 65.3 Å². The Morgan fingerprint density at radius 2 is 1.14 bits per heavy atom. The quantitative estimate of drug-likeness (QED) is 0.170. The number of nitrogens with one attached hydrogen (secondary N) is 1. The molecule has 0 bridgehead atoms. The first-order chi connectivity index (χ1) is 32.2. The number of amides is 1. The second kappa shape index (κ2) is 18.6. The highest BCUT2D eigenvalue weighted by atomic mass is 35.5. The number of ether oxygens (including phenoxy) is 1. The van der Waals surface area contributed by atoms with E-state index in [0.717, 1.165) is 23.1 Å². The van der Waals surface area contributed by atoms with Crippen molar-refractivity contribution in [1.29, 1.82) is 0 Å². The number of benzene rings is 2. The number of allylic oxidation sites excluding steroid dienone is 4. The summed E-state index contributed by atoms with van der Waals surface area (Å²) in [5.74, 6) is -1.89. The lowest BCUT2D eigenvalue weighted by Gasteiger charge is -2.26. The summed E-state index contributed by atoms with van der Waals surface area (Å²) in [5, 5.41) is 4.49. The number of halogens is 4. The van der Waals surface area contributed by atoms with E-state index in [1.165, 1.54) is 24.3 Å². The molecule has 2 aliphatic carbocycles. The minimum Gasteiger partial charge on any atom is -0.444 e. The Bertz CT molecular complexity index is 3580. The lowest BCUT2D eigenvalue weighted by atomic mass is 9.98. The SMILES string of the molecule is C.CC(C)(C)OC(=O)N1CCn2cc(C3=C(c4cnc5ccccn45)C(=O)CC3=O)c3cc(F)cc(c32)C1.Cl.Cl.O=C1CC(=O)C(c2cnc3ccccn23)=C1c1cn2c3c(cc(F)cc13)CNCC2. The molecule has 0 saturated carbocycles. The number of nitrogens with zero attached hydrogens (tertiary/aromatic N) is 7. The summed E-state index contributed by atoms with van der Waals surface area (Å²) in [5.41, 5.74) is 7.34. The van der Waals surface area contributed by atoms with Gasteiger partial charge in [0, 0.05) is 90.6 Å². The van der Waals surface area contributed by atoms with Gasteiger partial charge in [0.1, 0.15) is 28.5 Å². The smallest absolute Gasteiger partial charge is 0.410 e. The Kier molecular flexibility index (Phi) is 13.0. The molecule has 4 aliphatic rings. The van der Waals surface area contributed by atoms with Gasteiger partial charge in [0.15, 0.2) is 23.1 Å². The monoisotopic (exact) mass is 988 g/mol. The average Bonchev–Trinajstić information content (AvgIpc) is 4.10. The van der Waals surface area contributed by atoms with Gasteiger partial charge in [-0.05, 0) is 80.4 Å². The Morgan fingerprint density at radius 1 is 0.657 bits per heavy atom. The summed E-state index contributed by atoms with van der Waals surface area (Å²) in [4.78, 5) is 75.3. The van der Waals surface area contributed by atoms with Crippen LogP contribution in [0.3, 0.4) is 0 Å². The number of aromatic nitrogens is 6. The fourth-order valence-corrected chi connectivity index (χ4v) is 9.95. The molecule has 0 radical (unpaired) electrons. The summed E-state index contributed by atoms with van der Waals surface area (Å²) < 4.78 is 42.5. The number of carbonyl (C=O) groups is 5. The van der Waals surface area contributed by atoms with Gasteiger partial charge in [0.2, 0.25) is 0 Å². The molecule has 0 saturated heterocycles. The van der Waals surface area contributed by atoms with Crippen LogP contribution in [0.1, 0.15) is 74.7 Å². The van der Waals surface area contributed by atoms with Crippen molar-refractivity contribution >= 4 is 109 Å². The van der Waals surface area contributed by atoms with Crippen molar-refractivity contribution in [1.82, 2.24) is 38.1 Å². The van der Waals surface area contributed by atoms with Crippen LogP contribution in [0.15, 0.2) is 97.8 Å². The number of hydrogen-bond acceptors (Lipinski definition) is 9. The van der Waals surface area contributed by atoms with E-state index < -0.39 is 17.5 Å². The van der Waals surface area contributed by atoms with Crippen molar-refractivity contribution in [3.63, 3.8) is 0 Å². The van der Waals surface area contributed by atoms with E-state index in [-0.39, 0.29) is 86.2 Å². The fourth-order valence-electron chi connectivity index (χ4n) is 9.95. The molecule has 14 nitrogen and oxygen atoms in total. The Morgan fingerprint density at radius 3 is 1.67 bits per heavy atom. The molecule has 1 amide bonds. The number of rotatable bonds is 4. The molecule has 1 N–H and O–H groups in total. The number of pyridine rings is 2. The summed E-state index contributed by atoms with van der Waals surface area (Å²) >= 11 is 0. The van der Waals surface area contributed by atoms with Gasteiger partial charge in [-0.3, -0.25) is 28.0 Å². The van der Waals surface area contributed by atoms with Crippen LogP contribution in [-0.4, -0.2) is 80.7 Å². The van der Waals surface area contributed by atoms with Crippen molar-refractivity contribution in [3.05, 3.63) is 143 Å². The lowest BCUT2D eigenvalue weighted by molar-refractivity contribution is -0.121. The molecule has 6 aromatic heterocycles. The molecular weight excluding hydrogens is 942 g/mol. The number of fused-ring (bicyclic) bond motifs is 2. The first kappa shape index (κ1) is 49.2. The van der Waals surface area contributed by atoms with Crippen molar-refractivity contribution < 1.29 is 37.5 Å². The van der Waals surface area contributed by atoms with Gasteiger partial charge in [-0.25, -0.2) is 23.5 Å². The highest BCUT2D eigenvalue weighted by molar-refractivity contribution is 6.52. The summed E-state index contributed by atoms with van der Waals surface area (Å²) in [7, 11) is 0. The molecule has 0 fully saturated rings. The van der Waals surface area contributed by atoms with E-state index in [9.17, 15) is 32.8 Å². The number of imidazole rings is 2. The highest BCUT2D eigenvalue weighted by Crippen LogP contribution is 2.42. The molecule has 8 heterocycles. The Labute approximate surface area is 412 Å². The summed E-state index contributed by atoms with van der Waals surface area (Å²) in [6.07, 6.45) is 9.62. The van der Waals surface area contributed by atoms with Crippen LogP contribution in [0.5, 0.6) is 0 Å². The predicted molar refractivity (Wildman–Crippen MR) is 267 cm³/mol. The number of ketones is 4. The van der Waals surface area contributed by atoms with Gasteiger partial charge < -0.3 is 24.1 Å². The van der Waals surface area contributed by atoms with E-state index >= 15 is 0 Å². The number of carbonyl (C=O) groups excluding carboxylic acids is 5. The third-order valence-corrected chi connectivity index (χ3v) is 12.6. The van der Waals surface area contributed by atoms with Crippen molar-refractivity contribution in [2.45, 2.75) is 72.8 Å². The van der Waals surface area contributed by atoms with Gasteiger partial charge >= 0.3 is 6.09 Å². The second-order valence-corrected chi connectivity index (χ2v) is 18.2. The molecular formula is C52H48Cl2F2N8O6. The van der Waals surface area contributed by atoms with Crippen LogP contribution in [-0.2, 0) is 50.1 Å². The van der Waals surface area contributed by atoms with E-state index in [4.69, 9.17) is 4.74 Å². The topological polar surface area (TPSA) is 154 Å². The zero-order valence-corrected chi connectivity index (χ0v) is 39.2. The molecule has 70 heavy (non-hydrogen) atoms. The van der Waals surface area contributed by atoms with E-state index in [1.807, 2.05) is 57.8 Å². The summed E-state index contributed by atoms with van der Waals surface area (Å²) in [6, 6.07) is 16.9. The number of hydrogen-bond donors (Lipinski definition) is 1. The predicted octanol–water partition coefficient (Wildman–Crippen LogP) is 9.10. The first-order valence-electron chi connectivity index (χ1n) is 22.0. The average molecular weight is 990 g/mol. The van der Waals surface area contributed by atoms with Crippen LogP contribution >= 0.6 is 24.8 Å². The van der Waals surface area contributed by atoms with Gasteiger partial charge in [0.25, 0.3) is 0 Å². The molecule has 2 aromatic carbocycles. The molecule has 18 heteroatoms. The van der Waals surface area contributed by atoms with Crippen molar-refractivity contribution in [2.24, 2.45) is 0 Å². The van der Waals surface area contributed by atoms with Gasteiger partial charge in [-0.15, -0.1) is 24.8 Å². The molecule has 360 valence electrons. The van der Waals surface area contributed by atoms with Gasteiger partial charge in [-0.1, -0.05) is 19.6 Å². The summed E-state index contributed by atoms with van der Waals surface area (Å²) in [6.45, 7) is 8.34.